The number of nitrogens with zero attached hydrogens (tertiary/aromatic N) is 5. The second kappa shape index (κ2) is 9.50. The maximum atomic E-state index is 11.7. The Morgan fingerprint density at radius 3 is 2.89 bits per heavy atom. The average molecular weight is 533 g/mol. The van der Waals surface area contributed by atoms with E-state index in [1.165, 1.54) is 18.3 Å². The number of carbonyl (C=O) groups excluding carboxylic acids is 1. The molecule has 2 N–H and O–H groups in total. The molecule has 1 fully saturated rings. The molecule has 0 radical (unpaired) electrons. The van der Waals surface area contributed by atoms with Crippen LogP contribution in [-0.4, -0.2) is 54.9 Å². The lowest BCUT2D eigenvalue weighted by Gasteiger charge is -2.42. The van der Waals surface area contributed by atoms with Crippen molar-refractivity contribution < 1.29 is 9.90 Å². The number of likely N-dealkylation sites (tertiary alicyclic amines) is 1. The third kappa shape index (κ3) is 4.27. The number of benzene rings is 1. The quantitative estimate of drug-likeness (QED) is 0.355. The van der Waals surface area contributed by atoms with Crippen LogP contribution < -0.4 is 5.32 Å². The summed E-state index contributed by atoms with van der Waals surface area (Å²) in [6.07, 6.45) is 5.10. The molecule has 10 heteroatoms. The largest absolute Gasteiger partial charge is 0.394 e. The average Bonchev–Trinajstić information content (AvgIpc) is 3.45. The standard InChI is InChI=1S/C27H25ClN6O2S/c1-15-12-33(23(15)14-35)13-17-5-8-22(20(28)10-17)34-25-19(24(32-34)18-4-3-9-29-11-18)6-7-21-26(25)37-27(31-21)30-16(2)36/h3-5,8-11,23,35H,1,6-7,12-14H2,2H3,(H,30,31,36). The number of aliphatic hydroxyl groups excluding tert-OH is 1. The fourth-order valence-corrected chi connectivity index (χ4v) is 6.47. The molecule has 4 aromatic rings. The number of aliphatic hydroxyl groups is 1. The van der Waals surface area contributed by atoms with Crippen molar-refractivity contribution >= 4 is 34.0 Å². The minimum absolute atomic E-state index is 0.00110. The van der Waals surface area contributed by atoms with Gasteiger partial charge in [0.1, 0.15) is 0 Å². The number of amides is 1. The van der Waals surface area contributed by atoms with Gasteiger partial charge < -0.3 is 10.4 Å². The number of halogens is 1. The zero-order valence-corrected chi connectivity index (χ0v) is 21.8. The van der Waals surface area contributed by atoms with Crippen LogP contribution in [-0.2, 0) is 24.2 Å². The number of pyridine rings is 1. The van der Waals surface area contributed by atoms with E-state index in [0.717, 1.165) is 69.3 Å². The molecule has 1 saturated heterocycles. The molecule has 6 rings (SSSR count). The van der Waals surface area contributed by atoms with Gasteiger partial charge >= 0.3 is 0 Å². The second-order valence-corrected chi connectivity index (χ2v) is 10.8. The van der Waals surface area contributed by atoms with Crippen LogP contribution in [0.15, 0.2) is 54.9 Å². The SMILES string of the molecule is C=C1CN(Cc2ccc(-n3nc(-c4cccnc4)c4c3-c3sc(NC(C)=O)nc3CC4)c(Cl)c2)C1CO. The number of aromatic nitrogens is 4. The van der Waals surface area contributed by atoms with E-state index in [1.807, 2.05) is 41.2 Å². The van der Waals surface area contributed by atoms with Crippen molar-refractivity contribution in [3.05, 3.63) is 76.7 Å². The Bertz CT molecular complexity index is 1530. The van der Waals surface area contributed by atoms with Crippen LogP contribution in [0.3, 0.4) is 0 Å². The number of rotatable bonds is 6. The van der Waals surface area contributed by atoms with Gasteiger partial charge in [-0.25, -0.2) is 9.67 Å². The lowest BCUT2D eigenvalue weighted by Crippen LogP contribution is -2.51. The van der Waals surface area contributed by atoms with Crippen molar-refractivity contribution in [2.24, 2.45) is 0 Å². The summed E-state index contributed by atoms with van der Waals surface area (Å²) in [7, 11) is 0. The zero-order valence-electron chi connectivity index (χ0n) is 20.2. The van der Waals surface area contributed by atoms with Crippen LogP contribution in [0, 0.1) is 0 Å². The molecule has 1 unspecified atom stereocenters. The molecule has 1 aromatic carbocycles. The number of hydrogen-bond acceptors (Lipinski definition) is 7. The van der Waals surface area contributed by atoms with E-state index in [-0.39, 0.29) is 18.6 Å². The van der Waals surface area contributed by atoms with Crippen LogP contribution in [0.1, 0.15) is 23.7 Å². The first kappa shape index (κ1) is 24.0. The van der Waals surface area contributed by atoms with Crippen LogP contribution in [0.5, 0.6) is 0 Å². The van der Waals surface area contributed by atoms with Gasteiger partial charge in [0.2, 0.25) is 5.91 Å². The van der Waals surface area contributed by atoms with Crippen molar-refractivity contribution in [2.75, 3.05) is 18.5 Å². The Balaban J connectivity index is 1.44. The highest BCUT2D eigenvalue weighted by Crippen LogP contribution is 2.44. The molecule has 0 bridgehead atoms. The molecule has 0 saturated carbocycles. The predicted octanol–water partition coefficient (Wildman–Crippen LogP) is 4.50. The lowest BCUT2D eigenvalue weighted by molar-refractivity contribution is -0.114. The van der Waals surface area contributed by atoms with Gasteiger partial charge in [-0.1, -0.05) is 35.6 Å². The van der Waals surface area contributed by atoms with Gasteiger partial charge in [-0.05, 0) is 48.2 Å². The Labute approximate surface area is 223 Å². The highest BCUT2D eigenvalue weighted by molar-refractivity contribution is 7.19. The van der Waals surface area contributed by atoms with Crippen LogP contribution in [0.2, 0.25) is 5.02 Å². The molecule has 4 heterocycles. The van der Waals surface area contributed by atoms with Gasteiger partial charge in [0, 0.05) is 43.5 Å². The monoisotopic (exact) mass is 532 g/mol. The van der Waals surface area contributed by atoms with Crippen LogP contribution >= 0.6 is 22.9 Å². The van der Waals surface area contributed by atoms with E-state index in [0.29, 0.717) is 16.7 Å². The summed E-state index contributed by atoms with van der Waals surface area (Å²) >= 11 is 8.33. The fraction of sp³-hybridized carbons (Fsp3) is 0.259. The summed E-state index contributed by atoms with van der Waals surface area (Å²) in [5.41, 5.74) is 7.69. The molecular weight excluding hydrogens is 508 g/mol. The summed E-state index contributed by atoms with van der Waals surface area (Å²) in [6.45, 7) is 7.02. The predicted molar refractivity (Wildman–Crippen MR) is 145 cm³/mol. The molecular formula is C27H25ClN6O2S. The van der Waals surface area contributed by atoms with Crippen LogP contribution in [0.25, 0.3) is 27.5 Å². The summed E-state index contributed by atoms with van der Waals surface area (Å²) in [5.74, 6) is -0.149. The Morgan fingerprint density at radius 2 is 2.19 bits per heavy atom. The van der Waals surface area contributed by atoms with Gasteiger partial charge in [-0.15, -0.1) is 0 Å². The summed E-state index contributed by atoms with van der Waals surface area (Å²) in [6, 6.07) is 9.92. The van der Waals surface area contributed by atoms with E-state index in [4.69, 9.17) is 16.7 Å². The topological polar surface area (TPSA) is 96.2 Å². The maximum absolute atomic E-state index is 11.7. The third-order valence-corrected chi connectivity index (χ3v) is 8.17. The summed E-state index contributed by atoms with van der Waals surface area (Å²) in [4.78, 5) is 23.8. The van der Waals surface area contributed by atoms with E-state index in [2.05, 4.69) is 26.8 Å². The fourth-order valence-electron chi connectivity index (χ4n) is 5.07. The Hall–Kier alpha value is -3.37. The zero-order chi connectivity index (χ0) is 25.7. The maximum Gasteiger partial charge on any atom is 0.223 e. The minimum Gasteiger partial charge on any atom is -0.394 e. The molecule has 1 aliphatic carbocycles. The molecule has 188 valence electrons. The normalized spacial score (nSPS) is 16.7. The van der Waals surface area contributed by atoms with Crippen LogP contribution in [0.4, 0.5) is 5.13 Å². The number of hydrogen-bond donors (Lipinski definition) is 2. The van der Waals surface area contributed by atoms with Gasteiger partial charge in [-0.3, -0.25) is 14.7 Å². The molecule has 1 amide bonds. The van der Waals surface area contributed by atoms with E-state index in [9.17, 15) is 9.90 Å². The van der Waals surface area contributed by atoms with Gasteiger partial charge in [0.05, 0.1) is 45.3 Å². The highest BCUT2D eigenvalue weighted by Gasteiger charge is 2.32. The molecule has 1 aliphatic heterocycles. The van der Waals surface area contributed by atoms with E-state index in [1.54, 1.807) is 6.20 Å². The number of thiazole rings is 1. The van der Waals surface area contributed by atoms with Crippen molar-refractivity contribution in [1.82, 2.24) is 24.6 Å². The summed E-state index contributed by atoms with van der Waals surface area (Å²) < 4.78 is 1.90. The minimum atomic E-state index is -0.149. The van der Waals surface area contributed by atoms with E-state index >= 15 is 0 Å². The Morgan fingerprint density at radius 1 is 1.32 bits per heavy atom. The number of anilines is 1. The first-order chi connectivity index (χ1) is 17.9. The van der Waals surface area contributed by atoms with Gasteiger partial charge in [0.25, 0.3) is 0 Å². The molecule has 2 aliphatic rings. The van der Waals surface area contributed by atoms with Crippen molar-refractivity contribution in [1.29, 1.82) is 0 Å². The highest BCUT2D eigenvalue weighted by atomic mass is 35.5. The molecule has 0 spiro atoms. The third-order valence-electron chi connectivity index (χ3n) is 6.84. The second-order valence-electron chi connectivity index (χ2n) is 9.35. The van der Waals surface area contributed by atoms with Crippen molar-refractivity contribution in [3.8, 4) is 27.5 Å². The molecule has 1 atom stereocenters. The van der Waals surface area contributed by atoms with Crippen molar-refractivity contribution in [3.63, 3.8) is 0 Å². The molecule has 8 nitrogen and oxygen atoms in total. The van der Waals surface area contributed by atoms with Gasteiger partial charge in [-0.2, -0.15) is 5.10 Å². The number of aryl methyl sites for hydroxylation is 1. The van der Waals surface area contributed by atoms with E-state index < -0.39 is 0 Å². The molecule has 37 heavy (non-hydrogen) atoms. The summed E-state index contributed by atoms with van der Waals surface area (Å²) in [5, 5.41) is 18.7. The number of fused-ring (bicyclic) bond motifs is 3. The first-order valence-electron chi connectivity index (χ1n) is 12.0. The first-order valence-corrected chi connectivity index (χ1v) is 13.2. The van der Waals surface area contributed by atoms with Gasteiger partial charge in [0.15, 0.2) is 5.13 Å². The molecule has 3 aromatic heterocycles. The van der Waals surface area contributed by atoms with Crippen molar-refractivity contribution in [2.45, 2.75) is 32.4 Å². The smallest absolute Gasteiger partial charge is 0.223 e. The Kier molecular flexibility index (Phi) is 6.16. The number of carbonyl (C=O) groups is 1. The lowest BCUT2D eigenvalue weighted by atomic mass is 9.95. The number of nitrogens with one attached hydrogen (secondary N) is 1.